The van der Waals surface area contributed by atoms with Gasteiger partial charge in [-0.1, -0.05) is 38.1 Å². The van der Waals surface area contributed by atoms with Crippen LogP contribution in [0.25, 0.3) is 11.0 Å². The van der Waals surface area contributed by atoms with Crippen LogP contribution in [0.2, 0.25) is 0 Å². The van der Waals surface area contributed by atoms with Crippen molar-refractivity contribution >= 4 is 61.2 Å². The third-order valence-corrected chi connectivity index (χ3v) is 18.7. The van der Waals surface area contributed by atoms with Crippen LogP contribution in [-0.2, 0) is 19.5 Å². The number of carbonyl (C=O) groups is 1. The number of amides is 1. The third-order valence-electron chi connectivity index (χ3n) is 17.4. The van der Waals surface area contributed by atoms with Crippen LogP contribution in [0.5, 0.6) is 0 Å². The van der Waals surface area contributed by atoms with Crippen molar-refractivity contribution in [2.75, 3.05) is 85.7 Å². The fourth-order valence-corrected chi connectivity index (χ4v) is 14.0. The number of benzene rings is 3. The first kappa shape index (κ1) is 51.3. The Hall–Kier alpha value is -5.86. The summed E-state index contributed by atoms with van der Waals surface area (Å²) in [6.07, 6.45) is 9.63. The monoisotopic (exact) mass is 1050 g/mol. The van der Waals surface area contributed by atoms with Crippen LogP contribution in [0.3, 0.4) is 0 Å². The smallest absolute Gasteiger partial charge is 0.293 e. The average molecular weight is 1050 g/mol. The van der Waals surface area contributed by atoms with Crippen LogP contribution < -0.4 is 24.7 Å². The van der Waals surface area contributed by atoms with Gasteiger partial charge in [0, 0.05) is 69.9 Å². The Labute approximate surface area is 438 Å². The molecule has 0 bridgehead atoms. The SMILES string of the molecule is CC(C)c1ccccc1[C@@H]1COCCN1C1CC2(CCN(c3ccc(C(=O)NS(=O)(=O)c4ccc(NCC5CCC(C)(O)CC5)c([N+](=O)[O-])c4)c(N4CC[C@@H]5COCCCN5c5nc6[nH]cc(F)c6cc54)c3)CC2)C1. The number of carbonyl (C=O) groups excluding carboxylic acids is 1. The van der Waals surface area contributed by atoms with E-state index >= 15 is 4.39 Å². The highest BCUT2D eigenvalue weighted by atomic mass is 32.2. The zero-order chi connectivity index (χ0) is 52.2. The second kappa shape index (κ2) is 20.6. The number of halogens is 1. The molecule has 0 radical (unpaired) electrons. The van der Waals surface area contributed by atoms with Crippen LogP contribution in [0.1, 0.15) is 118 Å². The molecule has 11 rings (SSSR count). The number of nitro benzene ring substituents is 1. The molecule has 3 aromatic carbocycles. The van der Waals surface area contributed by atoms with Crippen molar-refractivity contribution in [2.45, 2.75) is 120 Å². The number of nitrogens with zero attached hydrogens (tertiary/aromatic N) is 6. The minimum absolute atomic E-state index is 0.0601. The molecule has 4 aliphatic heterocycles. The van der Waals surface area contributed by atoms with Crippen molar-refractivity contribution in [3.63, 3.8) is 0 Å². The van der Waals surface area contributed by atoms with Gasteiger partial charge in [-0.15, -0.1) is 0 Å². The maximum absolute atomic E-state index is 15.5. The molecule has 3 saturated heterocycles. The van der Waals surface area contributed by atoms with Crippen LogP contribution >= 0.6 is 0 Å². The Morgan fingerprint density at radius 3 is 2.48 bits per heavy atom. The van der Waals surface area contributed by atoms with Crippen LogP contribution in [0.4, 0.5) is 38.6 Å². The van der Waals surface area contributed by atoms with Gasteiger partial charge in [-0.3, -0.25) is 19.8 Å². The molecule has 4 N–H and O–H groups in total. The zero-order valence-corrected chi connectivity index (χ0v) is 44.0. The van der Waals surface area contributed by atoms with E-state index in [1.807, 2.05) is 24.0 Å². The fraction of sp³-hybridized carbons (Fsp3) is 0.536. The minimum Gasteiger partial charge on any atom is -0.390 e. The number of fused-ring (bicyclic) bond motifs is 4. The highest BCUT2D eigenvalue weighted by Gasteiger charge is 2.50. The van der Waals surface area contributed by atoms with E-state index in [2.05, 4.69) is 67.8 Å². The summed E-state index contributed by atoms with van der Waals surface area (Å²) in [7, 11) is -4.66. The predicted octanol–water partition coefficient (Wildman–Crippen LogP) is 9.17. The normalized spacial score (nSPS) is 24.6. The molecule has 1 spiro atoms. The maximum Gasteiger partial charge on any atom is 0.293 e. The third kappa shape index (κ3) is 10.3. The number of sulfonamides is 1. The quantitative estimate of drug-likeness (QED) is 0.0681. The van der Waals surface area contributed by atoms with Crippen molar-refractivity contribution in [2.24, 2.45) is 11.3 Å². The van der Waals surface area contributed by atoms with Crippen molar-refractivity contribution in [3.8, 4) is 0 Å². The molecule has 2 aromatic heterocycles. The van der Waals surface area contributed by atoms with Gasteiger partial charge in [0.05, 0.1) is 69.6 Å². The number of aliphatic hydroxyl groups is 1. The molecule has 2 aliphatic carbocycles. The number of anilines is 5. The fourth-order valence-electron chi connectivity index (χ4n) is 13.0. The number of aromatic amines is 1. The van der Waals surface area contributed by atoms with Gasteiger partial charge in [0.2, 0.25) is 0 Å². The number of hydrogen-bond donors (Lipinski definition) is 4. The summed E-state index contributed by atoms with van der Waals surface area (Å²) in [4.78, 5) is 43.3. The van der Waals surface area contributed by atoms with Gasteiger partial charge in [-0.25, -0.2) is 22.5 Å². The molecule has 2 saturated carbocycles. The molecule has 0 unspecified atom stereocenters. The zero-order valence-electron chi connectivity index (χ0n) is 43.2. The van der Waals surface area contributed by atoms with Crippen molar-refractivity contribution in [3.05, 3.63) is 106 Å². The van der Waals surface area contributed by atoms with Crippen LogP contribution in [0, 0.1) is 27.3 Å². The number of hydrogen-bond acceptors (Lipinski definition) is 14. The van der Waals surface area contributed by atoms with E-state index in [0.29, 0.717) is 93.5 Å². The molecule has 400 valence electrons. The van der Waals surface area contributed by atoms with Crippen LogP contribution in [-0.4, -0.2) is 123 Å². The largest absolute Gasteiger partial charge is 0.390 e. The molecule has 2 atom stereocenters. The molecule has 6 aliphatic rings. The summed E-state index contributed by atoms with van der Waals surface area (Å²) in [5, 5.41) is 26.2. The lowest BCUT2D eigenvalue weighted by atomic mass is 9.59. The Morgan fingerprint density at radius 1 is 0.933 bits per heavy atom. The number of nitro groups is 1. The summed E-state index contributed by atoms with van der Waals surface area (Å²) >= 11 is 0. The van der Waals surface area contributed by atoms with Gasteiger partial charge in [-0.05, 0) is 136 Å². The minimum atomic E-state index is -4.66. The molecular formula is C56H70FN9O8S. The summed E-state index contributed by atoms with van der Waals surface area (Å²) in [6, 6.07) is 20.2. The highest BCUT2D eigenvalue weighted by Crippen LogP contribution is 2.54. The molecule has 19 heteroatoms. The highest BCUT2D eigenvalue weighted by molar-refractivity contribution is 7.90. The molecule has 5 fully saturated rings. The number of rotatable bonds is 12. The Balaban J connectivity index is 0.878. The van der Waals surface area contributed by atoms with Crippen molar-refractivity contribution in [1.82, 2.24) is 19.6 Å². The topological polar surface area (TPSA) is 199 Å². The molecule has 5 aromatic rings. The van der Waals surface area contributed by atoms with Crippen molar-refractivity contribution in [1.29, 1.82) is 0 Å². The molecule has 1 amide bonds. The standard InChI is InChI=1S/C56H70FN9O8S/c1-36(2)42-7-4-5-8-43(42)51-35-74-26-24-63(51)40-30-56(31-40)18-22-62(23-19-56)38-9-11-44(48(27-38)65-21-15-39-34-73-25-6-20-64(39)53-50(65)29-45-46(57)33-59-52(45)60-53)54(67)61-75(71,72)41-10-12-47(49(28-41)66(69)70)58-32-37-13-16-55(3,68)17-14-37/h4-5,7-12,27-29,33,36-37,39-40,51,58,68H,6,13-26,30-32,34-35H2,1-3H3,(H,59,60)(H,61,67)/t37?,39-,51+,55?/m1/s1. The summed E-state index contributed by atoms with van der Waals surface area (Å²) in [6.45, 7) is 12.7. The van der Waals surface area contributed by atoms with E-state index in [1.165, 1.54) is 29.5 Å². The Morgan fingerprint density at radius 2 is 1.71 bits per heavy atom. The second-order valence-electron chi connectivity index (χ2n) is 22.6. The first-order valence-electron chi connectivity index (χ1n) is 27.0. The lowest BCUT2D eigenvalue weighted by molar-refractivity contribution is -0.384. The Kier molecular flexibility index (Phi) is 14.1. The number of aromatic nitrogens is 2. The predicted molar refractivity (Wildman–Crippen MR) is 287 cm³/mol. The molecule has 6 heterocycles. The Bertz CT molecular complexity index is 3050. The van der Waals surface area contributed by atoms with E-state index in [1.54, 1.807) is 12.1 Å². The number of pyridine rings is 1. The molecule has 75 heavy (non-hydrogen) atoms. The van der Waals surface area contributed by atoms with E-state index in [9.17, 15) is 28.4 Å². The van der Waals surface area contributed by atoms with E-state index in [-0.39, 0.29) is 40.1 Å². The van der Waals surface area contributed by atoms with Crippen LogP contribution in [0.15, 0.2) is 77.8 Å². The van der Waals surface area contributed by atoms with Gasteiger partial charge < -0.3 is 39.6 Å². The first-order valence-corrected chi connectivity index (χ1v) is 28.5. The number of ether oxygens (including phenoxy) is 2. The van der Waals surface area contributed by atoms with Gasteiger partial charge in [-0.2, -0.15) is 0 Å². The summed E-state index contributed by atoms with van der Waals surface area (Å²) in [5.41, 5.74) is 4.28. The number of nitrogens with one attached hydrogen (secondary N) is 3. The first-order chi connectivity index (χ1) is 36.1. The lowest BCUT2D eigenvalue weighted by Crippen LogP contribution is -2.58. The number of morpholine rings is 1. The summed E-state index contributed by atoms with van der Waals surface area (Å²) in [5.74, 6) is -0.188. The van der Waals surface area contributed by atoms with E-state index in [4.69, 9.17) is 14.5 Å². The van der Waals surface area contributed by atoms with Gasteiger partial charge in [0.1, 0.15) is 17.2 Å². The number of piperidine rings is 1. The molecular weight excluding hydrogens is 978 g/mol. The van der Waals surface area contributed by atoms with Gasteiger partial charge >= 0.3 is 0 Å². The van der Waals surface area contributed by atoms with Crippen molar-refractivity contribution < 1.29 is 37.1 Å². The maximum atomic E-state index is 15.5. The number of H-pyrrole nitrogens is 1. The lowest BCUT2D eigenvalue weighted by Gasteiger charge is -2.57. The van der Waals surface area contributed by atoms with E-state index < -0.39 is 42.9 Å². The van der Waals surface area contributed by atoms with E-state index in [0.717, 1.165) is 82.9 Å². The van der Waals surface area contributed by atoms with Gasteiger partial charge in [0.25, 0.3) is 21.6 Å². The second-order valence-corrected chi connectivity index (χ2v) is 24.3. The molecule has 17 nitrogen and oxygen atoms in total. The average Bonchev–Trinajstić information content (AvgIpc) is 3.51. The van der Waals surface area contributed by atoms with Gasteiger partial charge in [0.15, 0.2) is 5.82 Å². The summed E-state index contributed by atoms with van der Waals surface area (Å²) < 4.78 is 58.4.